The maximum Gasteiger partial charge on any atom is 0.246 e. The van der Waals surface area contributed by atoms with Crippen molar-refractivity contribution in [2.24, 2.45) is 0 Å². The number of likely N-dealkylation sites (N-methyl/N-ethyl adjacent to an activating group) is 1. The third-order valence-electron chi connectivity index (χ3n) is 3.61. The van der Waals surface area contributed by atoms with Crippen molar-refractivity contribution in [2.45, 2.75) is 13.5 Å². The molecule has 1 amide bonds. The van der Waals surface area contributed by atoms with Crippen molar-refractivity contribution in [3.8, 4) is 5.75 Å². The van der Waals surface area contributed by atoms with E-state index >= 15 is 0 Å². The van der Waals surface area contributed by atoms with Gasteiger partial charge in [-0.3, -0.25) is 4.79 Å². The van der Waals surface area contributed by atoms with Crippen LogP contribution in [0.25, 0.3) is 6.08 Å². The summed E-state index contributed by atoms with van der Waals surface area (Å²) in [6.07, 6.45) is 3.32. The average molecular weight is 313 g/mol. The Balaban J connectivity index is 2.03. The first-order valence-electron chi connectivity index (χ1n) is 7.32. The number of carbonyl (C=O) groups excluding carboxylic acids is 1. The predicted octanol–water partition coefficient (Wildman–Crippen LogP) is 3.81. The lowest BCUT2D eigenvalue weighted by Gasteiger charge is -2.15. The van der Waals surface area contributed by atoms with Crippen LogP contribution in [0.15, 0.2) is 48.5 Å². The highest BCUT2D eigenvalue weighted by atomic mass is 19.1. The molecule has 120 valence electrons. The van der Waals surface area contributed by atoms with Crippen LogP contribution >= 0.6 is 0 Å². The standard InChI is InChI=1S/C19H20FNO2/c1-14-6-4-5-7-16(14)9-11-19(22)21(2)13-15-8-10-18(23-3)17(20)12-15/h4-12H,13H2,1-3H3/b11-9+. The zero-order valence-corrected chi connectivity index (χ0v) is 13.5. The third-order valence-corrected chi connectivity index (χ3v) is 3.61. The number of ether oxygens (including phenoxy) is 1. The predicted molar refractivity (Wildman–Crippen MR) is 89.6 cm³/mol. The van der Waals surface area contributed by atoms with E-state index < -0.39 is 5.82 Å². The zero-order chi connectivity index (χ0) is 16.8. The third kappa shape index (κ3) is 4.42. The average Bonchev–Trinajstić information content (AvgIpc) is 2.54. The van der Waals surface area contributed by atoms with Gasteiger partial charge >= 0.3 is 0 Å². The number of carbonyl (C=O) groups is 1. The van der Waals surface area contributed by atoms with Crippen molar-refractivity contribution >= 4 is 12.0 Å². The van der Waals surface area contributed by atoms with Gasteiger partial charge in [-0.25, -0.2) is 4.39 Å². The van der Waals surface area contributed by atoms with Crippen LogP contribution in [0.5, 0.6) is 5.75 Å². The fraction of sp³-hybridized carbons (Fsp3) is 0.211. The number of aryl methyl sites for hydroxylation is 1. The Morgan fingerprint density at radius 1 is 1.26 bits per heavy atom. The molecule has 2 aromatic carbocycles. The van der Waals surface area contributed by atoms with E-state index in [1.165, 1.54) is 24.2 Å². The lowest BCUT2D eigenvalue weighted by molar-refractivity contribution is -0.125. The lowest BCUT2D eigenvalue weighted by Crippen LogP contribution is -2.24. The fourth-order valence-electron chi connectivity index (χ4n) is 2.22. The second-order valence-corrected chi connectivity index (χ2v) is 5.35. The summed E-state index contributed by atoms with van der Waals surface area (Å²) < 4.78 is 18.6. The van der Waals surface area contributed by atoms with Crippen molar-refractivity contribution in [1.29, 1.82) is 0 Å². The summed E-state index contributed by atoms with van der Waals surface area (Å²) in [5.41, 5.74) is 2.82. The molecule has 23 heavy (non-hydrogen) atoms. The summed E-state index contributed by atoms with van der Waals surface area (Å²) in [6, 6.07) is 12.5. The van der Waals surface area contributed by atoms with Gasteiger partial charge in [0.25, 0.3) is 0 Å². The number of hydrogen-bond acceptors (Lipinski definition) is 2. The number of methoxy groups -OCH3 is 1. The molecule has 0 aromatic heterocycles. The first-order chi connectivity index (χ1) is 11.0. The van der Waals surface area contributed by atoms with Crippen molar-refractivity contribution in [3.05, 3.63) is 71.0 Å². The van der Waals surface area contributed by atoms with Crippen molar-refractivity contribution in [2.75, 3.05) is 14.2 Å². The molecule has 0 radical (unpaired) electrons. The van der Waals surface area contributed by atoms with Crippen LogP contribution in [0.3, 0.4) is 0 Å². The van der Waals surface area contributed by atoms with E-state index in [1.54, 1.807) is 25.3 Å². The molecule has 0 saturated carbocycles. The molecule has 0 aliphatic carbocycles. The van der Waals surface area contributed by atoms with E-state index in [4.69, 9.17) is 4.74 Å². The Labute approximate surface area is 136 Å². The second-order valence-electron chi connectivity index (χ2n) is 5.35. The molecular formula is C19H20FNO2. The van der Waals surface area contributed by atoms with Crippen LogP contribution in [0, 0.1) is 12.7 Å². The van der Waals surface area contributed by atoms with Gasteiger partial charge in [0.1, 0.15) is 0 Å². The number of nitrogens with zero attached hydrogens (tertiary/aromatic N) is 1. The van der Waals surface area contributed by atoms with Gasteiger partial charge in [-0.05, 0) is 41.8 Å². The summed E-state index contributed by atoms with van der Waals surface area (Å²) in [4.78, 5) is 13.7. The topological polar surface area (TPSA) is 29.5 Å². The molecular weight excluding hydrogens is 293 g/mol. The zero-order valence-electron chi connectivity index (χ0n) is 13.5. The Bertz CT molecular complexity index is 725. The van der Waals surface area contributed by atoms with Crippen LogP contribution in [0.1, 0.15) is 16.7 Å². The Morgan fingerprint density at radius 2 is 2.00 bits per heavy atom. The molecule has 4 heteroatoms. The minimum Gasteiger partial charge on any atom is -0.494 e. The molecule has 2 rings (SSSR count). The van der Waals surface area contributed by atoms with Gasteiger partial charge in [-0.1, -0.05) is 30.3 Å². The summed E-state index contributed by atoms with van der Waals surface area (Å²) in [5, 5.41) is 0. The van der Waals surface area contributed by atoms with Crippen LogP contribution in [0.4, 0.5) is 4.39 Å². The first-order valence-corrected chi connectivity index (χ1v) is 7.32. The van der Waals surface area contributed by atoms with Gasteiger partial charge in [0, 0.05) is 19.7 Å². The highest BCUT2D eigenvalue weighted by Gasteiger charge is 2.09. The van der Waals surface area contributed by atoms with Gasteiger partial charge in [0.05, 0.1) is 7.11 Å². The molecule has 0 heterocycles. The number of rotatable bonds is 5. The smallest absolute Gasteiger partial charge is 0.246 e. The number of benzene rings is 2. The molecule has 0 atom stereocenters. The van der Waals surface area contributed by atoms with E-state index in [-0.39, 0.29) is 11.7 Å². The van der Waals surface area contributed by atoms with Crippen LogP contribution in [-0.2, 0) is 11.3 Å². The molecule has 0 aliphatic heterocycles. The van der Waals surface area contributed by atoms with Crippen LogP contribution < -0.4 is 4.74 Å². The molecule has 3 nitrogen and oxygen atoms in total. The summed E-state index contributed by atoms with van der Waals surface area (Å²) in [7, 11) is 3.11. The maximum absolute atomic E-state index is 13.7. The molecule has 0 aliphatic rings. The van der Waals surface area contributed by atoms with Gasteiger partial charge in [0.2, 0.25) is 5.91 Å². The highest BCUT2D eigenvalue weighted by Crippen LogP contribution is 2.18. The minimum atomic E-state index is -0.429. The van der Waals surface area contributed by atoms with E-state index in [0.29, 0.717) is 12.1 Å². The van der Waals surface area contributed by atoms with Crippen molar-refractivity contribution < 1.29 is 13.9 Å². The molecule has 0 N–H and O–H groups in total. The Hall–Kier alpha value is -2.62. The SMILES string of the molecule is COc1ccc(CN(C)C(=O)/C=C/c2ccccc2C)cc1F. The van der Waals surface area contributed by atoms with E-state index in [0.717, 1.165) is 11.1 Å². The highest BCUT2D eigenvalue weighted by molar-refractivity contribution is 5.91. The van der Waals surface area contributed by atoms with Gasteiger partial charge in [-0.15, -0.1) is 0 Å². The Morgan fingerprint density at radius 3 is 2.65 bits per heavy atom. The number of amides is 1. The molecule has 0 spiro atoms. The number of hydrogen-bond donors (Lipinski definition) is 0. The Kier molecular flexibility index (Phi) is 5.52. The quantitative estimate of drug-likeness (QED) is 0.786. The summed E-state index contributed by atoms with van der Waals surface area (Å²) in [5.74, 6) is -0.368. The minimum absolute atomic E-state index is 0.135. The van der Waals surface area contributed by atoms with E-state index in [1.807, 2.05) is 31.2 Å². The fourth-order valence-corrected chi connectivity index (χ4v) is 2.22. The molecule has 0 saturated heterocycles. The van der Waals surface area contributed by atoms with Crippen LogP contribution in [-0.4, -0.2) is 25.0 Å². The number of halogens is 1. The maximum atomic E-state index is 13.7. The monoisotopic (exact) mass is 313 g/mol. The van der Waals surface area contributed by atoms with Crippen LogP contribution in [0.2, 0.25) is 0 Å². The van der Waals surface area contributed by atoms with E-state index in [2.05, 4.69) is 0 Å². The second kappa shape index (κ2) is 7.58. The van der Waals surface area contributed by atoms with Gasteiger partial charge in [-0.2, -0.15) is 0 Å². The first kappa shape index (κ1) is 16.7. The molecule has 0 fully saturated rings. The van der Waals surface area contributed by atoms with Gasteiger partial charge < -0.3 is 9.64 Å². The molecule has 0 bridgehead atoms. The van der Waals surface area contributed by atoms with Gasteiger partial charge in [0.15, 0.2) is 11.6 Å². The van der Waals surface area contributed by atoms with Crippen molar-refractivity contribution in [3.63, 3.8) is 0 Å². The summed E-state index contributed by atoms with van der Waals surface area (Å²) >= 11 is 0. The van der Waals surface area contributed by atoms with Crippen molar-refractivity contribution in [1.82, 2.24) is 4.90 Å². The normalized spacial score (nSPS) is 10.8. The summed E-state index contributed by atoms with van der Waals surface area (Å²) in [6.45, 7) is 2.33. The molecule has 0 unspecified atom stereocenters. The lowest BCUT2D eigenvalue weighted by atomic mass is 10.1. The van der Waals surface area contributed by atoms with E-state index in [9.17, 15) is 9.18 Å². The molecule has 2 aromatic rings. The largest absolute Gasteiger partial charge is 0.494 e.